The van der Waals surface area contributed by atoms with Crippen molar-refractivity contribution in [3.8, 4) is 0 Å². The molecule has 1 atom stereocenters. The fourth-order valence-electron chi connectivity index (χ4n) is 2.93. The lowest BCUT2D eigenvalue weighted by atomic mass is 10.2. The summed E-state index contributed by atoms with van der Waals surface area (Å²) >= 11 is 0. The fraction of sp³-hybridized carbons (Fsp3) is 0.389. The highest BCUT2D eigenvalue weighted by Gasteiger charge is 2.34. The van der Waals surface area contributed by atoms with E-state index in [-0.39, 0.29) is 17.7 Å². The van der Waals surface area contributed by atoms with Crippen LogP contribution in [-0.4, -0.2) is 42.6 Å². The monoisotopic (exact) mass is 379 g/mol. The SMILES string of the molecule is CC(Nc1nc(N(C)C)cc(C(F)(F)F)n1)C(=O)N1CCc2ccccc21. The first kappa shape index (κ1) is 18.9. The Balaban J connectivity index is 1.82. The van der Waals surface area contributed by atoms with Crippen molar-refractivity contribution in [1.82, 2.24) is 9.97 Å². The maximum absolute atomic E-state index is 13.1. The molecule has 6 nitrogen and oxygen atoms in total. The topological polar surface area (TPSA) is 61.4 Å². The molecule has 1 aliphatic rings. The van der Waals surface area contributed by atoms with E-state index in [0.29, 0.717) is 6.54 Å². The number of alkyl halides is 3. The van der Waals surface area contributed by atoms with Gasteiger partial charge < -0.3 is 15.1 Å². The summed E-state index contributed by atoms with van der Waals surface area (Å²) in [6.07, 6.45) is -3.86. The van der Waals surface area contributed by atoms with Crippen LogP contribution in [0.5, 0.6) is 0 Å². The Labute approximate surface area is 155 Å². The second-order valence-electron chi connectivity index (χ2n) is 6.56. The van der Waals surface area contributed by atoms with Gasteiger partial charge in [-0.3, -0.25) is 4.79 Å². The molecule has 0 bridgehead atoms. The summed E-state index contributed by atoms with van der Waals surface area (Å²) in [5.74, 6) is -0.375. The summed E-state index contributed by atoms with van der Waals surface area (Å²) in [6.45, 7) is 2.12. The molecular formula is C18H20F3N5O. The summed E-state index contributed by atoms with van der Waals surface area (Å²) in [4.78, 5) is 23.5. The highest BCUT2D eigenvalue weighted by Crippen LogP contribution is 2.31. The predicted octanol–water partition coefficient (Wildman–Crippen LogP) is 2.95. The number of hydrogen-bond acceptors (Lipinski definition) is 5. The first-order chi connectivity index (χ1) is 12.7. The van der Waals surface area contributed by atoms with Gasteiger partial charge in [0.15, 0.2) is 5.69 Å². The number of anilines is 3. The van der Waals surface area contributed by atoms with E-state index >= 15 is 0 Å². The van der Waals surface area contributed by atoms with Crippen LogP contribution in [0, 0.1) is 0 Å². The summed E-state index contributed by atoms with van der Waals surface area (Å²) in [5.41, 5.74) is 0.841. The van der Waals surface area contributed by atoms with Gasteiger partial charge in [-0.15, -0.1) is 0 Å². The number of aromatic nitrogens is 2. The first-order valence-corrected chi connectivity index (χ1v) is 8.46. The molecule has 2 heterocycles. The van der Waals surface area contributed by atoms with E-state index in [1.165, 1.54) is 4.90 Å². The van der Waals surface area contributed by atoms with Crippen LogP contribution in [-0.2, 0) is 17.4 Å². The van der Waals surface area contributed by atoms with Crippen molar-refractivity contribution in [2.24, 2.45) is 0 Å². The molecule has 144 valence electrons. The molecule has 1 aliphatic heterocycles. The van der Waals surface area contributed by atoms with Crippen LogP contribution in [0.25, 0.3) is 0 Å². The standard InChI is InChI=1S/C18H20F3N5O/c1-11(16(27)26-9-8-12-6-4-5-7-13(12)26)22-17-23-14(18(19,20)21)10-15(24-17)25(2)3/h4-7,10-11H,8-9H2,1-3H3,(H,22,23,24). The first-order valence-electron chi connectivity index (χ1n) is 8.46. The number of halogens is 3. The molecule has 0 aliphatic carbocycles. The van der Waals surface area contributed by atoms with Crippen LogP contribution < -0.4 is 15.1 Å². The van der Waals surface area contributed by atoms with Crippen LogP contribution >= 0.6 is 0 Å². The highest BCUT2D eigenvalue weighted by molar-refractivity contribution is 6.00. The van der Waals surface area contributed by atoms with Crippen molar-refractivity contribution >= 4 is 23.4 Å². The third-order valence-corrected chi connectivity index (χ3v) is 4.33. The zero-order valence-corrected chi connectivity index (χ0v) is 15.2. The minimum atomic E-state index is -4.61. The maximum atomic E-state index is 13.1. The average Bonchev–Trinajstić information content (AvgIpc) is 3.04. The van der Waals surface area contributed by atoms with E-state index < -0.39 is 17.9 Å². The second-order valence-corrected chi connectivity index (χ2v) is 6.56. The Morgan fingerprint density at radius 3 is 2.63 bits per heavy atom. The molecule has 3 rings (SSSR count). The lowest BCUT2D eigenvalue weighted by Gasteiger charge is -2.23. The van der Waals surface area contributed by atoms with Crippen molar-refractivity contribution in [2.75, 3.05) is 35.8 Å². The van der Waals surface area contributed by atoms with Gasteiger partial charge in [-0.1, -0.05) is 18.2 Å². The molecule has 27 heavy (non-hydrogen) atoms. The minimum Gasteiger partial charge on any atom is -0.363 e. The number of benzene rings is 1. The molecule has 0 saturated carbocycles. The van der Waals surface area contributed by atoms with Crippen molar-refractivity contribution in [2.45, 2.75) is 25.6 Å². The summed E-state index contributed by atoms with van der Waals surface area (Å²) in [7, 11) is 3.17. The van der Waals surface area contributed by atoms with Gasteiger partial charge in [-0.25, -0.2) is 4.98 Å². The van der Waals surface area contributed by atoms with E-state index in [0.717, 1.165) is 23.7 Å². The molecule has 1 aromatic carbocycles. The number of hydrogen-bond donors (Lipinski definition) is 1. The normalized spacial score (nSPS) is 14.7. The minimum absolute atomic E-state index is 0.103. The molecule has 0 saturated heterocycles. The Morgan fingerprint density at radius 1 is 1.26 bits per heavy atom. The van der Waals surface area contributed by atoms with Crippen LogP contribution in [0.1, 0.15) is 18.2 Å². The van der Waals surface area contributed by atoms with Crippen LogP contribution in [0.15, 0.2) is 30.3 Å². The molecule has 9 heteroatoms. The number of amides is 1. The van der Waals surface area contributed by atoms with E-state index in [9.17, 15) is 18.0 Å². The average molecular weight is 379 g/mol. The molecule has 1 N–H and O–H groups in total. The molecular weight excluding hydrogens is 359 g/mol. The van der Waals surface area contributed by atoms with Gasteiger partial charge in [0.25, 0.3) is 0 Å². The van der Waals surface area contributed by atoms with Crippen LogP contribution in [0.2, 0.25) is 0 Å². The molecule has 1 unspecified atom stereocenters. The molecule has 2 aromatic rings. The molecule has 0 spiro atoms. The van der Waals surface area contributed by atoms with E-state index in [4.69, 9.17) is 0 Å². The van der Waals surface area contributed by atoms with E-state index in [2.05, 4.69) is 15.3 Å². The molecule has 1 aromatic heterocycles. The number of rotatable bonds is 4. The smallest absolute Gasteiger partial charge is 0.363 e. The largest absolute Gasteiger partial charge is 0.433 e. The van der Waals surface area contributed by atoms with Gasteiger partial charge in [0.05, 0.1) is 0 Å². The lowest BCUT2D eigenvalue weighted by Crippen LogP contribution is -2.41. The van der Waals surface area contributed by atoms with Crippen molar-refractivity contribution < 1.29 is 18.0 Å². The summed E-state index contributed by atoms with van der Waals surface area (Å²) in [5, 5.41) is 2.72. The number of nitrogens with one attached hydrogen (secondary N) is 1. The number of carbonyl (C=O) groups excluding carboxylic acids is 1. The Kier molecular flexibility index (Phi) is 4.95. The van der Waals surface area contributed by atoms with Crippen molar-refractivity contribution in [3.05, 3.63) is 41.6 Å². The lowest BCUT2D eigenvalue weighted by molar-refractivity contribution is -0.141. The number of carbonyl (C=O) groups is 1. The quantitative estimate of drug-likeness (QED) is 0.885. The van der Waals surface area contributed by atoms with Gasteiger partial charge in [0, 0.05) is 32.4 Å². The van der Waals surface area contributed by atoms with Crippen LogP contribution in [0.4, 0.5) is 30.6 Å². The van der Waals surface area contributed by atoms with Crippen LogP contribution in [0.3, 0.4) is 0 Å². The maximum Gasteiger partial charge on any atom is 0.433 e. The third kappa shape index (κ3) is 3.96. The van der Waals surface area contributed by atoms with Crippen molar-refractivity contribution in [1.29, 1.82) is 0 Å². The van der Waals surface area contributed by atoms with Gasteiger partial charge in [0.1, 0.15) is 11.9 Å². The Morgan fingerprint density at radius 2 is 1.96 bits per heavy atom. The summed E-state index contributed by atoms with van der Waals surface area (Å²) < 4.78 is 39.3. The Hall–Kier alpha value is -2.84. The summed E-state index contributed by atoms with van der Waals surface area (Å²) in [6, 6.07) is 7.66. The zero-order chi connectivity index (χ0) is 19.8. The number of para-hydroxylation sites is 1. The molecule has 1 amide bonds. The highest BCUT2D eigenvalue weighted by atomic mass is 19.4. The number of fused-ring (bicyclic) bond motifs is 1. The zero-order valence-electron chi connectivity index (χ0n) is 15.2. The van der Waals surface area contributed by atoms with Gasteiger partial charge >= 0.3 is 6.18 Å². The van der Waals surface area contributed by atoms with Gasteiger partial charge in [-0.2, -0.15) is 18.2 Å². The van der Waals surface area contributed by atoms with E-state index in [1.54, 1.807) is 25.9 Å². The number of nitrogens with zero attached hydrogens (tertiary/aromatic N) is 4. The third-order valence-electron chi connectivity index (χ3n) is 4.33. The Bertz CT molecular complexity index is 853. The predicted molar refractivity (Wildman–Crippen MR) is 96.9 cm³/mol. The van der Waals surface area contributed by atoms with Gasteiger partial charge in [-0.05, 0) is 25.0 Å². The fourth-order valence-corrected chi connectivity index (χ4v) is 2.93. The molecule has 0 fully saturated rings. The van der Waals surface area contributed by atoms with E-state index in [1.807, 2.05) is 24.3 Å². The second kappa shape index (κ2) is 7.05. The van der Waals surface area contributed by atoms with Crippen molar-refractivity contribution in [3.63, 3.8) is 0 Å². The molecule has 0 radical (unpaired) electrons. The van der Waals surface area contributed by atoms with Gasteiger partial charge in [0.2, 0.25) is 11.9 Å².